The fourth-order valence-electron chi connectivity index (χ4n) is 5.73. The maximum atomic E-state index is 12.2. The number of fused-ring (bicyclic) bond motifs is 4. The lowest BCUT2D eigenvalue weighted by atomic mass is 9.66. The van der Waals surface area contributed by atoms with Gasteiger partial charge in [-0.05, 0) is 73.7 Å². The number of nitrogens with zero attached hydrogens (tertiary/aromatic N) is 2. The molecule has 166 valence electrons. The van der Waals surface area contributed by atoms with Gasteiger partial charge in [0.25, 0.3) is 0 Å². The lowest BCUT2D eigenvalue weighted by Crippen LogP contribution is -2.63. The molecule has 3 saturated heterocycles. The highest BCUT2D eigenvalue weighted by Crippen LogP contribution is 2.48. The summed E-state index contributed by atoms with van der Waals surface area (Å²) in [6, 6.07) is 18.0. The Morgan fingerprint density at radius 3 is 2.64 bits per heavy atom. The summed E-state index contributed by atoms with van der Waals surface area (Å²) in [5.41, 5.74) is 3.78. The van der Waals surface area contributed by atoms with Gasteiger partial charge in [0, 0.05) is 17.3 Å². The SMILES string of the molecule is C#CC1N2CCC(CC2)C1(O)c1cnc(-c2ccc3c(c2)OCO3)cc1Cc1ccccc1. The van der Waals surface area contributed by atoms with Crippen LogP contribution in [0.2, 0.25) is 0 Å². The molecule has 0 aliphatic carbocycles. The first-order valence-electron chi connectivity index (χ1n) is 11.5. The molecule has 0 amide bonds. The van der Waals surface area contributed by atoms with Crippen molar-refractivity contribution >= 4 is 0 Å². The third kappa shape index (κ3) is 3.30. The van der Waals surface area contributed by atoms with E-state index in [1.54, 1.807) is 0 Å². The molecule has 2 unspecified atom stereocenters. The Hall–Kier alpha value is -3.33. The Morgan fingerprint density at radius 1 is 1.06 bits per heavy atom. The number of aromatic nitrogens is 1. The number of terminal acetylenes is 1. The van der Waals surface area contributed by atoms with Gasteiger partial charge in [-0.3, -0.25) is 9.88 Å². The number of hydrogen-bond donors (Lipinski definition) is 1. The van der Waals surface area contributed by atoms with Crippen LogP contribution in [0.15, 0.2) is 60.8 Å². The quantitative estimate of drug-likeness (QED) is 0.625. The molecule has 3 fully saturated rings. The molecular weight excluding hydrogens is 412 g/mol. The smallest absolute Gasteiger partial charge is 0.231 e. The second kappa shape index (κ2) is 7.91. The zero-order chi connectivity index (χ0) is 22.4. The number of aliphatic hydroxyl groups is 1. The summed E-state index contributed by atoms with van der Waals surface area (Å²) in [6.07, 6.45) is 10.4. The molecule has 7 rings (SSSR count). The van der Waals surface area contributed by atoms with Gasteiger partial charge in [-0.15, -0.1) is 6.42 Å². The zero-order valence-electron chi connectivity index (χ0n) is 18.4. The van der Waals surface area contributed by atoms with Crippen LogP contribution in [0.25, 0.3) is 11.3 Å². The summed E-state index contributed by atoms with van der Waals surface area (Å²) in [5.74, 6) is 4.52. The summed E-state index contributed by atoms with van der Waals surface area (Å²) in [5, 5.41) is 12.2. The van der Waals surface area contributed by atoms with Crippen molar-refractivity contribution in [1.82, 2.24) is 9.88 Å². The van der Waals surface area contributed by atoms with Crippen LogP contribution in [0.5, 0.6) is 11.5 Å². The summed E-state index contributed by atoms with van der Waals surface area (Å²) >= 11 is 0. The minimum atomic E-state index is -1.10. The minimum Gasteiger partial charge on any atom is -0.454 e. The Labute approximate surface area is 194 Å². The summed E-state index contributed by atoms with van der Waals surface area (Å²) in [6.45, 7) is 2.12. The van der Waals surface area contributed by atoms with Gasteiger partial charge in [0.05, 0.1) is 5.69 Å². The van der Waals surface area contributed by atoms with Gasteiger partial charge in [0.1, 0.15) is 11.6 Å². The highest BCUT2D eigenvalue weighted by Gasteiger charge is 2.54. The van der Waals surface area contributed by atoms with Crippen LogP contribution >= 0.6 is 0 Å². The molecule has 1 aromatic heterocycles. The molecule has 1 N–H and O–H groups in total. The Bertz CT molecular complexity index is 1230. The van der Waals surface area contributed by atoms with E-state index in [-0.39, 0.29) is 18.8 Å². The maximum absolute atomic E-state index is 12.2. The molecule has 4 aliphatic rings. The van der Waals surface area contributed by atoms with Gasteiger partial charge in [0.2, 0.25) is 6.79 Å². The van der Waals surface area contributed by atoms with Crippen molar-refractivity contribution in [3.8, 4) is 35.1 Å². The molecule has 5 heterocycles. The number of hydrogen-bond acceptors (Lipinski definition) is 5. The van der Waals surface area contributed by atoms with Gasteiger partial charge in [-0.25, -0.2) is 0 Å². The summed E-state index contributed by atoms with van der Waals surface area (Å²) < 4.78 is 11.0. The second-order valence-corrected chi connectivity index (χ2v) is 9.16. The topological polar surface area (TPSA) is 54.8 Å². The van der Waals surface area contributed by atoms with Crippen molar-refractivity contribution in [2.24, 2.45) is 5.92 Å². The standard InChI is InChI=1S/C28H26N2O3/c1-2-27-28(31,22-10-12-30(27)13-11-22)23-17-29-24(15-21(23)14-19-6-4-3-5-7-19)20-8-9-25-26(16-20)33-18-32-25/h1,3-9,15-17,22,27,31H,10-14,18H2. The first kappa shape index (κ1) is 20.3. The van der Waals surface area contributed by atoms with Gasteiger partial charge in [0.15, 0.2) is 11.5 Å². The predicted octanol–water partition coefficient (Wildman–Crippen LogP) is 3.98. The van der Waals surface area contributed by atoms with E-state index in [0.29, 0.717) is 6.42 Å². The minimum absolute atomic E-state index is 0.135. The Balaban J connectivity index is 1.47. The number of piperidine rings is 3. The Morgan fingerprint density at radius 2 is 1.85 bits per heavy atom. The van der Waals surface area contributed by atoms with E-state index in [1.807, 2.05) is 42.6 Å². The Kier molecular flexibility index (Phi) is 4.86. The predicted molar refractivity (Wildman–Crippen MR) is 126 cm³/mol. The highest BCUT2D eigenvalue weighted by molar-refractivity contribution is 5.65. The molecule has 0 saturated carbocycles. The molecule has 0 radical (unpaired) electrons. The summed E-state index contributed by atoms with van der Waals surface area (Å²) in [4.78, 5) is 7.05. The van der Waals surface area contributed by atoms with Crippen LogP contribution in [-0.4, -0.2) is 40.9 Å². The van der Waals surface area contributed by atoms with Crippen molar-refractivity contribution in [3.63, 3.8) is 0 Å². The molecule has 2 aromatic carbocycles. The molecule has 33 heavy (non-hydrogen) atoms. The number of benzene rings is 2. The maximum Gasteiger partial charge on any atom is 0.231 e. The van der Waals surface area contributed by atoms with E-state index < -0.39 is 5.60 Å². The molecule has 4 aliphatic heterocycles. The van der Waals surface area contributed by atoms with Crippen LogP contribution < -0.4 is 9.47 Å². The number of rotatable bonds is 4. The van der Waals surface area contributed by atoms with E-state index in [2.05, 4.69) is 29.0 Å². The van der Waals surface area contributed by atoms with Gasteiger partial charge in [-0.1, -0.05) is 36.3 Å². The normalized spacial score (nSPS) is 27.3. The average molecular weight is 439 g/mol. The van der Waals surface area contributed by atoms with E-state index in [9.17, 15) is 5.11 Å². The van der Waals surface area contributed by atoms with E-state index in [0.717, 1.165) is 59.8 Å². The van der Waals surface area contributed by atoms with Crippen LogP contribution in [-0.2, 0) is 12.0 Å². The van der Waals surface area contributed by atoms with Crippen LogP contribution in [0, 0.1) is 18.3 Å². The molecule has 5 heteroatoms. The van der Waals surface area contributed by atoms with Crippen LogP contribution in [0.3, 0.4) is 0 Å². The third-order valence-corrected chi connectivity index (χ3v) is 7.42. The van der Waals surface area contributed by atoms with Crippen LogP contribution in [0.4, 0.5) is 0 Å². The lowest BCUT2D eigenvalue weighted by molar-refractivity contribution is -0.143. The lowest BCUT2D eigenvalue weighted by Gasteiger charge is -2.54. The molecule has 0 spiro atoms. The third-order valence-electron chi connectivity index (χ3n) is 7.42. The van der Waals surface area contributed by atoms with Crippen molar-refractivity contribution in [3.05, 3.63) is 77.5 Å². The largest absolute Gasteiger partial charge is 0.454 e. The van der Waals surface area contributed by atoms with Crippen molar-refractivity contribution in [2.75, 3.05) is 19.9 Å². The summed E-state index contributed by atoms with van der Waals surface area (Å²) in [7, 11) is 0. The molecule has 2 atom stereocenters. The molecule has 2 bridgehead atoms. The van der Waals surface area contributed by atoms with Crippen molar-refractivity contribution < 1.29 is 14.6 Å². The average Bonchev–Trinajstić information content (AvgIpc) is 3.33. The fourth-order valence-corrected chi connectivity index (χ4v) is 5.73. The number of pyridine rings is 1. The van der Waals surface area contributed by atoms with Crippen LogP contribution in [0.1, 0.15) is 29.5 Å². The van der Waals surface area contributed by atoms with E-state index in [4.69, 9.17) is 20.9 Å². The number of ether oxygens (including phenoxy) is 2. The molecule has 5 nitrogen and oxygen atoms in total. The van der Waals surface area contributed by atoms with Gasteiger partial charge < -0.3 is 14.6 Å². The highest BCUT2D eigenvalue weighted by atomic mass is 16.7. The van der Waals surface area contributed by atoms with Crippen molar-refractivity contribution in [2.45, 2.75) is 30.9 Å². The van der Waals surface area contributed by atoms with E-state index in [1.165, 1.54) is 5.56 Å². The first-order valence-corrected chi connectivity index (χ1v) is 11.5. The monoisotopic (exact) mass is 438 g/mol. The second-order valence-electron chi connectivity index (χ2n) is 9.16. The molecular formula is C28H26N2O3. The van der Waals surface area contributed by atoms with Gasteiger partial charge >= 0.3 is 0 Å². The van der Waals surface area contributed by atoms with Gasteiger partial charge in [-0.2, -0.15) is 0 Å². The molecule has 3 aromatic rings. The first-order chi connectivity index (χ1) is 16.2. The fraction of sp³-hybridized carbons (Fsp3) is 0.321. The van der Waals surface area contributed by atoms with E-state index >= 15 is 0 Å². The van der Waals surface area contributed by atoms with Crippen molar-refractivity contribution in [1.29, 1.82) is 0 Å². The zero-order valence-corrected chi connectivity index (χ0v) is 18.4.